The van der Waals surface area contributed by atoms with Crippen molar-refractivity contribution in [3.05, 3.63) is 57.5 Å². The summed E-state index contributed by atoms with van der Waals surface area (Å²) in [5, 5.41) is 3.67. The van der Waals surface area contributed by atoms with Crippen LogP contribution in [0.2, 0.25) is 5.02 Å². The lowest BCUT2D eigenvalue weighted by atomic mass is 10.1. The number of ether oxygens (including phenoxy) is 2. The number of thioether (sulfide) groups is 1. The van der Waals surface area contributed by atoms with Crippen LogP contribution in [0.5, 0.6) is 11.5 Å². The number of aryl methyl sites for hydroxylation is 1. The molecule has 1 aliphatic rings. The van der Waals surface area contributed by atoms with Gasteiger partial charge in [-0.25, -0.2) is 0 Å². The number of likely N-dealkylation sites (N-methyl/N-ethyl adjacent to an activating group) is 1. The number of nitrogens with one attached hydrogen (secondary N) is 1. The molecule has 0 aromatic heterocycles. The summed E-state index contributed by atoms with van der Waals surface area (Å²) in [6.45, 7) is 3.96. The third-order valence-corrected chi connectivity index (χ3v) is 5.94. The third kappa shape index (κ3) is 5.63. The fraction of sp³-hybridized carbons (Fsp3) is 0.261. The van der Waals surface area contributed by atoms with Crippen LogP contribution in [0.1, 0.15) is 18.1 Å². The highest BCUT2D eigenvalue weighted by molar-refractivity contribution is 8.18. The largest absolute Gasteiger partial charge is 0.490 e. The fourth-order valence-electron chi connectivity index (χ4n) is 2.95. The van der Waals surface area contributed by atoms with Gasteiger partial charge in [0.25, 0.3) is 11.8 Å². The molecule has 0 unspecified atom stereocenters. The van der Waals surface area contributed by atoms with Crippen molar-refractivity contribution in [1.82, 2.24) is 4.90 Å². The molecule has 1 aliphatic heterocycles. The van der Waals surface area contributed by atoms with Gasteiger partial charge in [0.2, 0.25) is 0 Å². The molecule has 2 aromatic carbocycles. The van der Waals surface area contributed by atoms with Crippen LogP contribution in [0, 0.1) is 6.92 Å². The van der Waals surface area contributed by atoms with Crippen LogP contribution < -0.4 is 14.8 Å². The number of aliphatic imine (C=N–C) groups is 1. The predicted molar refractivity (Wildman–Crippen MR) is 130 cm³/mol. The second-order valence-corrected chi connectivity index (χ2v) is 8.36. The lowest BCUT2D eigenvalue weighted by Gasteiger charge is -2.14. The van der Waals surface area contributed by atoms with Gasteiger partial charge in [0, 0.05) is 19.8 Å². The van der Waals surface area contributed by atoms with Gasteiger partial charge >= 0.3 is 0 Å². The first kappa shape index (κ1) is 23.7. The molecule has 0 radical (unpaired) electrons. The van der Waals surface area contributed by atoms with Gasteiger partial charge in [-0.3, -0.25) is 19.5 Å². The van der Waals surface area contributed by atoms with E-state index in [1.165, 1.54) is 16.7 Å². The molecule has 7 nitrogen and oxygen atoms in total. The van der Waals surface area contributed by atoms with E-state index >= 15 is 0 Å². The second-order valence-electron chi connectivity index (χ2n) is 6.95. The minimum Gasteiger partial charge on any atom is -0.490 e. The summed E-state index contributed by atoms with van der Waals surface area (Å²) in [4.78, 5) is 30.8. The van der Waals surface area contributed by atoms with Crippen LogP contribution in [0.4, 0.5) is 5.69 Å². The number of carbonyl (C=O) groups excluding carboxylic acids is 2. The zero-order valence-corrected chi connectivity index (χ0v) is 19.8. The monoisotopic (exact) mass is 473 g/mol. The molecule has 2 amide bonds. The standard InChI is InChI=1S/C23H24ClN3O4S/c1-5-30-18-11-15(12-19-22(29)27(4)23(25-3)32-19)10-17(24)21(18)31-13-20(28)26-16-8-6-14(2)7-9-16/h6-12H,5,13H2,1-4H3,(H,26,28)/b19-12+,25-23?. The average Bonchev–Trinajstić information content (AvgIpc) is 3.03. The van der Waals surface area contributed by atoms with Crippen molar-refractivity contribution in [3.8, 4) is 11.5 Å². The van der Waals surface area contributed by atoms with Gasteiger partial charge in [-0.05, 0) is 61.5 Å². The first-order valence-corrected chi connectivity index (χ1v) is 11.1. The number of nitrogens with zero attached hydrogens (tertiary/aromatic N) is 2. The third-order valence-electron chi connectivity index (χ3n) is 4.51. The lowest BCUT2D eigenvalue weighted by molar-refractivity contribution is -0.121. The number of halogens is 1. The molecular formula is C23H24ClN3O4S. The predicted octanol–water partition coefficient (Wildman–Crippen LogP) is 4.60. The van der Waals surface area contributed by atoms with Gasteiger partial charge in [-0.15, -0.1) is 0 Å². The average molecular weight is 474 g/mol. The van der Waals surface area contributed by atoms with Crippen molar-refractivity contribution in [2.45, 2.75) is 13.8 Å². The van der Waals surface area contributed by atoms with Crippen LogP contribution in [0.15, 0.2) is 46.3 Å². The van der Waals surface area contributed by atoms with E-state index in [-0.39, 0.29) is 29.2 Å². The molecule has 0 saturated carbocycles. The smallest absolute Gasteiger partial charge is 0.266 e. The summed E-state index contributed by atoms with van der Waals surface area (Å²) in [6.07, 6.45) is 1.73. The molecule has 2 aromatic rings. The first-order valence-electron chi connectivity index (χ1n) is 9.92. The molecule has 32 heavy (non-hydrogen) atoms. The molecule has 9 heteroatoms. The molecule has 168 valence electrons. The Bertz CT molecular complexity index is 1080. The van der Waals surface area contributed by atoms with E-state index in [0.717, 1.165) is 5.56 Å². The summed E-state index contributed by atoms with van der Waals surface area (Å²) in [6, 6.07) is 10.9. The maximum Gasteiger partial charge on any atom is 0.266 e. The normalized spacial score (nSPS) is 16.0. The first-order chi connectivity index (χ1) is 15.3. The number of anilines is 1. The maximum atomic E-state index is 12.4. The summed E-state index contributed by atoms with van der Waals surface area (Å²) < 4.78 is 11.4. The van der Waals surface area contributed by atoms with Crippen molar-refractivity contribution >= 4 is 52.1 Å². The highest BCUT2D eigenvalue weighted by Gasteiger charge is 2.29. The summed E-state index contributed by atoms with van der Waals surface area (Å²) >= 11 is 7.73. The number of hydrogen-bond acceptors (Lipinski definition) is 6. The number of amides is 2. The van der Waals surface area contributed by atoms with Crippen LogP contribution in [0.3, 0.4) is 0 Å². The Balaban J connectivity index is 1.77. The zero-order chi connectivity index (χ0) is 23.3. The second kappa shape index (κ2) is 10.6. The van der Waals surface area contributed by atoms with Crippen molar-refractivity contribution in [2.24, 2.45) is 4.99 Å². The Hall–Kier alpha value is -2.97. The van der Waals surface area contributed by atoms with Crippen LogP contribution in [-0.4, -0.2) is 49.2 Å². The van der Waals surface area contributed by atoms with E-state index in [0.29, 0.717) is 33.7 Å². The number of amidine groups is 1. The Morgan fingerprint density at radius 1 is 1.25 bits per heavy atom. The zero-order valence-electron chi connectivity index (χ0n) is 18.3. The molecule has 3 rings (SSSR count). The van der Waals surface area contributed by atoms with E-state index < -0.39 is 0 Å². The minimum atomic E-state index is -0.319. The Labute approximate surface area is 196 Å². The highest BCUT2D eigenvalue weighted by atomic mass is 35.5. The SMILES string of the molecule is CCOc1cc(/C=C2/SC(=NC)N(C)C2=O)cc(Cl)c1OCC(=O)Nc1ccc(C)cc1. The minimum absolute atomic E-state index is 0.141. The summed E-state index contributed by atoms with van der Waals surface area (Å²) in [7, 11) is 3.32. The Morgan fingerprint density at radius 3 is 2.59 bits per heavy atom. The van der Waals surface area contributed by atoms with E-state index in [1.54, 1.807) is 32.3 Å². The molecule has 0 spiro atoms. The van der Waals surface area contributed by atoms with Gasteiger partial charge < -0.3 is 14.8 Å². The van der Waals surface area contributed by atoms with E-state index in [4.69, 9.17) is 21.1 Å². The van der Waals surface area contributed by atoms with Gasteiger partial charge in [0.05, 0.1) is 16.5 Å². The van der Waals surface area contributed by atoms with Gasteiger partial charge in [0.1, 0.15) is 0 Å². The molecule has 0 aliphatic carbocycles. The highest BCUT2D eigenvalue weighted by Crippen LogP contribution is 2.39. The van der Waals surface area contributed by atoms with Gasteiger partial charge in [-0.2, -0.15) is 0 Å². The van der Waals surface area contributed by atoms with E-state index in [1.807, 2.05) is 38.1 Å². The molecule has 0 atom stereocenters. The molecule has 1 heterocycles. The molecular weight excluding hydrogens is 450 g/mol. The van der Waals surface area contributed by atoms with Crippen molar-refractivity contribution in [3.63, 3.8) is 0 Å². The Kier molecular flexibility index (Phi) is 7.82. The molecule has 0 bridgehead atoms. The Morgan fingerprint density at radius 2 is 1.97 bits per heavy atom. The molecule has 1 fully saturated rings. The van der Waals surface area contributed by atoms with Crippen molar-refractivity contribution in [2.75, 3.05) is 32.6 Å². The van der Waals surface area contributed by atoms with Crippen molar-refractivity contribution < 1.29 is 19.1 Å². The molecule has 1 saturated heterocycles. The van der Waals surface area contributed by atoms with E-state index in [2.05, 4.69) is 10.3 Å². The maximum absolute atomic E-state index is 12.4. The summed E-state index contributed by atoms with van der Waals surface area (Å²) in [5.74, 6) is 0.204. The number of hydrogen-bond donors (Lipinski definition) is 1. The number of benzene rings is 2. The number of carbonyl (C=O) groups is 2. The van der Waals surface area contributed by atoms with Gasteiger partial charge in [0.15, 0.2) is 23.3 Å². The van der Waals surface area contributed by atoms with Crippen LogP contribution in [-0.2, 0) is 9.59 Å². The van der Waals surface area contributed by atoms with Crippen molar-refractivity contribution in [1.29, 1.82) is 0 Å². The van der Waals surface area contributed by atoms with Crippen LogP contribution >= 0.6 is 23.4 Å². The van der Waals surface area contributed by atoms with Crippen LogP contribution in [0.25, 0.3) is 6.08 Å². The van der Waals surface area contributed by atoms with E-state index in [9.17, 15) is 9.59 Å². The fourth-order valence-corrected chi connectivity index (χ4v) is 4.15. The topological polar surface area (TPSA) is 80.2 Å². The van der Waals surface area contributed by atoms with Gasteiger partial charge in [-0.1, -0.05) is 29.3 Å². The summed E-state index contributed by atoms with van der Waals surface area (Å²) in [5.41, 5.74) is 2.46. The number of rotatable bonds is 7. The molecule has 1 N–H and O–H groups in total. The quantitative estimate of drug-likeness (QED) is 0.594. The lowest BCUT2D eigenvalue weighted by Crippen LogP contribution is -2.23.